The van der Waals surface area contributed by atoms with Gasteiger partial charge in [-0.1, -0.05) is 54.6 Å². The Labute approximate surface area is 126 Å². The number of rotatable bonds is 2. The van der Waals surface area contributed by atoms with Gasteiger partial charge in [0, 0.05) is 0 Å². The predicted octanol–water partition coefficient (Wildman–Crippen LogP) is 3.94. The molecule has 0 amide bonds. The van der Waals surface area contributed by atoms with Crippen molar-refractivity contribution in [1.29, 1.82) is 0 Å². The number of benzene rings is 4. The smallest absolute Gasteiger partial charge is 0.146 e. The lowest BCUT2D eigenvalue weighted by Gasteiger charge is -2.11. The van der Waals surface area contributed by atoms with Crippen molar-refractivity contribution in [3.63, 3.8) is 0 Å². The summed E-state index contributed by atoms with van der Waals surface area (Å²) in [6.07, 6.45) is 0. The Morgan fingerprint density at radius 1 is 0.714 bits per heavy atom. The molecule has 0 atom stereocenters. The zero-order chi connectivity index (χ0) is 14.2. The van der Waals surface area contributed by atoms with E-state index < -0.39 is 0 Å². The van der Waals surface area contributed by atoms with E-state index in [1.807, 2.05) is 0 Å². The maximum atomic E-state index is 5.51. The Balaban J connectivity index is 2.18. The van der Waals surface area contributed by atoms with Gasteiger partial charge in [-0.25, -0.2) is 0 Å². The van der Waals surface area contributed by atoms with Crippen LogP contribution < -0.4 is 0 Å². The van der Waals surface area contributed by atoms with Crippen molar-refractivity contribution in [1.82, 2.24) is 0 Å². The molecule has 4 rings (SSSR count). The van der Waals surface area contributed by atoms with Gasteiger partial charge in [0.15, 0.2) is 0 Å². The van der Waals surface area contributed by atoms with Crippen LogP contribution in [0.1, 0.15) is 5.56 Å². The van der Waals surface area contributed by atoms with E-state index in [1.165, 1.54) is 37.9 Å². The van der Waals surface area contributed by atoms with E-state index in [4.69, 9.17) is 4.43 Å². The van der Waals surface area contributed by atoms with Crippen molar-refractivity contribution in [3.05, 3.63) is 72.3 Å². The molecule has 0 radical (unpaired) electrons. The first-order valence-corrected chi connectivity index (χ1v) is 8.00. The highest BCUT2D eigenvalue weighted by atomic mass is 28.2. The van der Waals surface area contributed by atoms with E-state index in [2.05, 4.69) is 66.7 Å². The summed E-state index contributed by atoms with van der Waals surface area (Å²) in [5.74, 6) is 0. The van der Waals surface area contributed by atoms with Crippen LogP contribution in [0.2, 0.25) is 0 Å². The molecule has 0 unspecified atom stereocenters. The molecule has 0 saturated heterocycles. The monoisotopic (exact) mass is 288 g/mol. The molecule has 102 valence electrons. The molecule has 2 heteroatoms. The van der Waals surface area contributed by atoms with Crippen molar-refractivity contribution < 1.29 is 4.43 Å². The van der Waals surface area contributed by atoms with Crippen LogP contribution in [0.25, 0.3) is 32.3 Å². The third-order valence-corrected chi connectivity index (χ3v) is 4.40. The Bertz CT molecular complexity index is 959. The molecule has 0 heterocycles. The molecule has 0 fully saturated rings. The van der Waals surface area contributed by atoms with E-state index in [0.29, 0.717) is 6.61 Å². The molecule has 0 spiro atoms. The highest BCUT2D eigenvalue weighted by molar-refractivity contribution is 6.13. The standard InChI is InChI=1S/C19H16OSi/c21-20-12-17-7-3-6-13-8-9-16-10-14-4-1-2-5-15(14)11-18(16)19(13)17/h1-11H,12H2,21H3. The highest BCUT2D eigenvalue weighted by Crippen LogP contribution is 2.31. The first-order chi connectivity index (χ1) is 10.4. The summed E-state index contributed by atoms with van der Waals surface area (Å²) < 4.78 is 5.51. The zero-order valence-corrected chi connectivity index (χ0v) is 14.0. The van der Waals surface area contributed by atoms with Crippen molar-refractivity contribution in [2.24, 2.45) is 0 Å². The highest BCUT2D eigenvalue weighted by Gasteiger charge is 2.06. The third-order valence-electron chi connectivity index (χ3n) is 4.11. The van der Waals surface area contributed by atoms with Gasteiger partial charge in [-0.3, -0.25) is 0 Å². The van der Waals surface area contributed by atoms with Crippen molar-refractivity contribution in [3.8, 4) is 0 Å². The lowest BCUT2D eigenvalue weighted by molar-refractivity contribution is 0.340. The summed E-state index contributed by atoms with van der Waals surface area (Å²) in [7, 11) is 0.767. The molecule has 0 aliphatic heterocycles. The van der Waals surface area contributed by atoms with Gasteiger partial charge < -0.3 is 4.43 Å². The van der Waals surface area contributed by atoms with Crippen LogP contribution in [0.3, 0.4) is 0 Å². The SMILES string of the molecule is [SiH3]OCc1cccc2ccc3cc4ccccc4cc3c12. The molecule has 0 saturated carbocycles. The molecule has 21 heavy (non-hydrogen) atoms. The van der Waals surface area contributed by atoms with E-state index >= 15 is 0 Å². The minimum atomic E-state index is 0.704. The summed E-state index contributed by atoms with van der Waals surface area (Å²) in [6, 6.07) is 24.0. The lowest BCUT2D eigenvalue weighted by atomic mass is 9.95. The van der Waals surface area contributed by atoms with Crippen LogP contribution in [0, 0.1) is 0 Å². The second-order valence-corrected chi connectivity index (χ2v) is 6.01. The first kappa shape index (κ1) is 12.6. The summed E-state index contributed by atoms with van der Waals surface area (Å²) in [5.41, 5.74) is 1.28. The Morgan fingerprint density at radius 2 is 1.43 bits per heavy atom. The van der Waals surface area contributed by atoms with Crippen LogP contribution in [0.5, 0.6) is 0 Å². The molecule has 0 aromatic heterocycles. The second kappa shape index (κ2) is 4.99. The molecule has 4 aromatic carbocycles. The fourth-order valence-corrected chi connectivity index (χ4v) is 3.47. The fourth-order valence-electron chi connectivity index (χ4n) is 3.16. The maximum absolute atomic E-state index is 5.51. The third kappa shape index (κ3) is 2.04. The molecule has 4 aromatic rings. The molecular formula is C19H16OSi. The lowest BCUT2D eigenvalue weighted by Crippen LogP contribution is -1.91. The van der Waals surface area contributed by atoms with Crippen LogP contribution in [0.4, 0.5) is 0 Å². The van der Waals surface area contributed by atoms with Gasteiger partial charge in [0.05, 0.1) is 6.61 Å². The van der Waals surface area contributed by atoms with E-state index in [-0.39, 0.29) is 0 Å². The summed E-state index contributed by atoms with van der Waals surface area (Å²) in [4.78, 5) is 0. The van der Waals surface area contributed by atoms with Crippen LogP contribution in [-0.2, 0) is 11.0 Å². The summed E-state index contributed by atoms with van der Waals surface area (Å²) >= 11 is 0. The molecule has 0 aliphatic carbocycles. The van der Waals surface area contributed by atoms with Gasteiger partial charge in [0.2, 0.25) is 0 Å². The normalized spacial score (nSPS) is 11.6. The Kier molecular flexibility index (Phi) is 2.99. The van der Waals surface area contributed by atoms with E-state index in [1.54, 1.807) is 0 Å². The molecular weight excluding hydrogens is 272 g/mol. The fraction of sp³-hybridized carbons (Fsp3) is 0.0526. The van der Waals surface area contributed by atoms with Crippen LogP contribution >= 0.6 is 0 Å². The van der Waals surface area contributed by atoms with Gasteiger partial charge in [-0.15, -0.1) is 0 Å². The van der Waals surface area contributed by atoms with Gasteiger partial charge in [-0.05, 0) is 50.0 Å². The predicted molar refractivity (Wildman–Crippen MR) is 93.7 cm³/mol. The molecule has 0 bridgehead atoms. The van der Waals surface area contributed by atoms with Crippen molar-refractivity contribution in [2.75, 3.05) is 0 Å². The maximum Gasteiger partial charge on any atom is 0.146 e. The largest absolute Gasteiger partial charge is 0.424 e. The van der Waals surface area contributed by atoms with Gasteiger partial charge in [0.1, 0.15) is 10.5 Å². The average molecular weight is 288 g/mol. The summed E-state index contributed by atoms with van der Waals surface area (Å²) in [6.45, 7) is 0.704. The topological polar surface area (TPSA) is 9.23 Å². The average Bonchev–Trinajstić information content (AvgIpc) is 2.53. The Hall–Kier alpha value is -2.16. The van der Waals surface area contributed by atoms with Gasteiger partial charge >= 0.3 is 0 Å². The molecule has 0 N–H and O–H groups in total. The van der Waals surface area contributed by atoms with E-state index in [0.717, 1.165) is 10.5 Å². The molecule has 0 aliphatic rings. The number of fused-ring (bicyclic) bond motifs is 4. The van der Waals surface area contributed by atoms with E-state index in [9.17, 15) is 0 Å². The quantitative estimate of drug-likeness (QED) is 0.308. The zero-order valence-electron chi connectivity index (χ0n) is 12.0. The number of hydrogen-bond donors (Lipinski definition) is 0. The number of hydrogen-bond acceptors (Lipinski definition) is 1. The van der Waals surface area contributed by atoms with Gasteiger partial charge in [0.25, 0.3) is 0 Å². The minimum absolute atomic E-state index is 0.704. The van der Waals surface area contributed by atoms with Gasteiger partial charge in [-0.2, -0.15) is 0 Å². The second-order valence-electron chi connectivity index (χ2n) is 5.43. The minimum Gasteiger partial charge on any atom is -0.424 e. The molecule has 1 nitrogen and oxygen atoms in total. The van der Waals surface area contributed by atoms with Crippen molar-refractivity contribution >= 4 is 42.8 Å². The van der Waals surface area contributed by atoms with Crippen LogP contribution in [-0.4, -0.2) is 10.5 Å². The Morgan fingerprint density at radius 3 is 2.24 bits per heavy atom. The van der Waals surface area contributed by atoms with Crippen molar-refractivity contribution in [2.45, 2.75) is 6.61 Å². The summed E-state index contributed by atoms with van der Waals surface area (Å²) in [5, 5.41) is 7.81. The van der Waals surface area contributed by atoms with Crippen LogP contribution in [0.15, 0.2) is 66.7 Å². The first-order valence-electron chi connectivity index (χ1n) is 7.19.